The van der Waals surface area contributed by atoms with E-state index in [9.17, 15) is 5.11 Å². The van der Waals surface area contributed by atoms with E-state index in [1.807, 2.05) is 0 Å². The molecule has 0 heterocycles. The first-order chi connectivity index (χ1) is 15.3. The van der Waals surface area contributed by atoms with Gasteiger partial charge in [0.1, 0.15) is 0 Å². The van der Waals surface area contributed by atoms with Gasteiger partial charge in [-0.25, -0.2) is 0 Å². The summed E-state index contributed by atoms with van der Waals surface area (Å²) >= 11 is 0. The molecular weight excluding hydrogens is 392 g/mol. The molecule has 1 aliphatic rings. The van der Waals surface area contributed by atoms with Crippen LogP contribution in [0.25, 0.3) is 0 Å². The average Bonchev–Trinajstić information content (AvgIpc) is 2.79. The molecule has 0 bridgehead atoms. The van der Waals surface area contributed by atoms with Crippen molar-refractivity contribution in [3.63, 3.8) is 0 Å². The van der Waals surface area contributed by atoms with E-state index in [4.69, 9.17) is 0 Å². The Labute approximate surface area is 196 Å². The first-order valence-electron chi connectivity index (χ1n) is 12.6. The maximum absolute atomic E-state index is 10.9. The molecule has 4 atom stereocenters. The SMILES string of the molecule is CC(C)C(O)CC1CC(N(C)C(C)C)CCC1N(Cc1ccccc1)Cc1ccccc1. The highest BCUT2D eigenvalue weighted by atomic mass is 16.3. The molecule has 32 heavy (non-hydrogen) atoms. The van der Waals surface area contributed by atoms with E-state index < -0.39 is 0 Å². The first kappa shape index (κ1) is 25.0. The van der Waals surface area contributed by atoms with E-state index in [1.165, 1.54) is 30.4 Å². The number of nitrogens with zero attached hydrogens (tertiary/aromatic N) is 2. The highest BCUT2D eigenvalue weighted by molar-refractivity contribution is 5.17. The van der Waals surface area contributed by atoms with Crippen molar-refractivity contribution in [1.82, 2.24) is 9.80 Å². The molecule has 0 radical (unpaired) electrons. The van der Waals surface area contributed by atoms with Crippen molar-refractivity contribution >= 4 is 0 Å². The van der Waals surface area contributed by atoms with E-state index in [0.29, 0.717) is 30.0 Å². The number of rotatable bonds is 10. The number of hydrogen-bond donors (Lipinski definition) is 1. The summed E-state index contributed by atoms with van der Waals surface area (Å²) < 4.78 is 0. The molecule has 0 saturated heterocycles. The summed E-state index contributed by atoms with van der Waals surface area (Å²) in [5, 5.41) is 10.9. The second-order valence-corrected chi connectivity index (χ2v) is 10.5. The third-order valence-corrected chi connectivity index (χ3v) is 7.54. The topological polar surface area (TPSA) is 26.7 Å². The lowest BCUT2D eigenvalue weighted by Crippen LogP contribution is -2.50. The monoisotopic (exact) mass is 436 g/mol. The minimum absolute atomic E-state index is 0.235. The summed E-state index contributed by atoms with van der Waals surface area (Å²) in [4.78, 5) is 5.23. The van der Waals surface area contributed by atoms with Crippen LogP contribution < -0.4 is 0 Å². The lowest BCUT2D eigenvalue weighted by molar-refractivity contribution is 0.00733. The summed E-state index contributed by atoms with van der Waals surface area (Å²) in [7, 11) is 2.28. The number of hydrogen-bond acceptors (Lipinski definition) is 3. The third kappa shape index (κ3) is 6.91. The Balaban J connectivity index is 1.86. The highest BCUT2D eigenvalue weighted by Gasteiger charge is 2.37. The van der Waals surface area contributed by atoms with Gasteiger partial charge in [-0.05, 0) is 69.5 Å². The van der Waals surface area contributed by atoms with Crippen LogP contribution in [-0.4, -0.2) is 46.2 Å². The van der Waals surface area contributed by atoms with E-state index in [1.54, 1.807) is 0 Å². The van der Waals surface area contributed by atoms with Gasteiger partial charge in [0.05, 0.1) is 6.10 Å². The molecule has 0 aliphatic heterocycles. The van der Waals surface area contributed by atoms with Crippen molar-refractivity contribution in [1.29, 1.82) is 0 Å². The minimum Gasteiger partial charge on any atom is -0.393 e. The van der Waals surface area contributed by atoms with Gasteiger partial charge in [-0.3, -0.25) is 4.90 Å². The largest absolute Gasteiger partial charge is 0.393 e. The lowest BCUT2D eigenvalue weighted by atomic mass is 9.76. The molecule has 0 spiro atoms. The first-order valence-corrected chi connectivity index (χ1v) is 12.6. The minimum atomic E-state index is -0.235. The second kappa shape index (κ2) is 12.0. The van der Waals surface area contributed by atoms with Crippen LogP contribution in [0.2, 0.25) is 0 Å². The van der Waals surface area contributed by atoms with Crippen molar-refractivity contribution < 1.29 is 5.11 Å². The lowest BCUT2D eigenvalue weighted by Gasteiger charge is -2.46. The maximum Gasteiger partial charge on any atom is 0.0566 e. The Bertz CT molecular complexity index is 735. The van der Waals surface area contributed by atoms with E-state index >= 15 is 0 Å². The van der Waals surface area contributed by atoms with Crippen LogP contribution in [0.15, 0.2) is 60.7 Å². The van der Waals surface area contributed by atoms with Crippen LogP contribution in [0.3, 0.4) is 0 Å². The fourth-order valence-electron chi connectivity index (χ4n) is 5.26. The normalized spacial score (nSPS) is 22.8. The molecule has 1 aliphatic carbocycles. The zero-order chi connectivity index (χ0) is 23.1. The van der Waals surface area contributed by atoms with Crippen molar-refractivity contribution in [2.24, 2.45) is 11.8 Å². The van der Waals surface area contributed by atoms with Crippen LogP contribution in [0.5, 0.6) is 0 Å². The molecule has 3 heteroatoms. The number of aliphatic hydroxyl groups is 1. The highest BCUT2D eigenvalue weighted by Crippen LogP contribution is 2.36. The Kier molecular flexibility index (Phi) is 9.34. The predicted molar refractivity (Wildman–Crippen MR) is 135 cm³/mol. The zero-order valence-electron chi connectivity index (χ0n) is 20.8. The summed E-state index contributed by atoms with van der Waals surface area (Å²) in [5.41, 5.74) is 2.74. The molecule has 4 unspecified atom stereocenters. The Morgan fingerprint density at radius 3 is 1.84 bits per heavy atom. The maximum atomic E-state index is 10.9. The van der Waals surface area contributed by atoms with Crippen LogP contribution in [-0.2, 0) is 13.1 Å². The van der Waals surface area contributed by atoms with Gasteiger partial charge < -0.3 is 10.0 Å². The molecule has 2 aromatic carbocycles. The molecule has 1 N–H and O–H groups in total. The smallest absolute Gasteiger partial charge is 0.0566 e. The van der Waals surface area contributed by atoms with Gasteiger partial charge in [-0.1, -0.05) is 74.5 Å². The van der Waals surface area contributed by atoms with Gasteiger partial charge in [0.15, 0.2) is 0 Å². The molecule has 3 rings (SSSR count). The summed E-state index contributed by atoms with van der Waals surface area (Å²) in [6.07, 6.45) is 4.25. The van der Waals surface area contributed by atoms with E-state index in [0.717, 1.165) is 19.5 Å². The van der Waals surface area contributed by atoms with Gasteiger partial charge in [0.25, 0.3) is 0 Å². The fraction of sp³-hybridized carbons (Fsp3) is 0.586. The summed E-state index contributed by atoms with van der Waals surface area (Å²) in [5.74, 6) is 0.801. The van der Waals surface area contributed by atoms with Crippen molar-refractivity contribution in [3.8, 4) is 0 Å². The van der Waals surface area contributed by atoms with Crippen molar-refractivity contribution in [2.75, 3.05) is 7.05 Å². The van der Waals surface area contributed by atoms with E-state index in [2.05, 4.69) is 105 Å². The standard InChI is InChI=1S/C29H44N2O/c1-22(2)29(32)19-26-18-27(30(5)23(3)4)16-17-28(26)31(20-24-12-8-6-9-13-24)21-25-14-10-7-11-15-25/h6-15,22-23,26-29,32H,16-21H2,1-5H3. The predicted octanol–water partition coefficient (Wildman–Crippen LogP) is 5.97. The summed E-state index contributed by atoms with van der Waals surface area (Å²) in [6, 6.07) is 23.4. The molecule has 176 valence electrons. The zero-order valence-corrected chi connectivity index (χ0v) is 20.8. The molecule has 0 amide bonds. The van der Waals surface area contributed by atoms with Crippen LogP contribution in [0.1, 0.15) is 64.5 Å². The van der Waals surface area contributed by atoms with Gasteiger partial charge >= 0.3 is 0 Å². The molecule has 1 fully saturated rings. The van der Waals surface area contributed by atoms with E-state index in [-0.39, 0.29) is 6.10 Å². The molecule has 3 nitrogen and oxygen atoms in total. The number of benzene rings is 2. The van der Waals surface area contributed by atoms with Crippen molar-refractivity contribution in [3.05, 3.63) is 71.8 Å². The Morgan fingerprint density at radius 2 is 1.38 bits per heavy atom. The molecule has 0 aromatic heterocycles. The van der Waals surface area contributed by atoms with Gasteiger partial charge in [-0.15, -0.1) is 0 Å². The van der Waals surface area contributed by atoms with Crippen LogP contribution in [0.4, 0.5) is 0 Å². The van der Waals surface area contributed by atoms with Crippen LogP contribution >= 0.6 is 0 Å². The average molecular weight is 437 g/mol. The fourth-order valence-corrected chi connectivity index (χ4v) is 5.26. The van der Waals surface area contributed by atoms with Gasteiger partial charge in [0.2, 0.25) is 0 Å². The van der Waals surface area contributed by atoms with Gasteiger partial charge in [-0.2, -0.15) is 0 Å². The third-order valence-electron chi connectivity index (χ3n) is 7.54. The number of aliphatic hydroxyl groups excluding tert-OH is 1. The van der Waals surface area contributed by atoms with Crippen molar-refractivity contribution in [2.45, 2.75) is 90.7 Å². The quantitative estimate of drug-likeness (QED) is 0.497. The Morgan fingerprint density at radius 1 is 0.844 bits per heavy atom. The molecular formula is C29H44N2O. The second-order valence-electron chi connectivity index (χ2n) is 10.5. The molecule has 2 aromatic rings. The molecule has 1 saturated carbocycles. The van der Waals surface area contributed by atoms with Gasteiger partial charge in [0, 0.05) is 31.2 Å². The Hall–Kier alpha value is -1.68. The van der Waals surface area contributed by atoms with Crippen LogP contribution in [0, 0.1) is 11.8 Å². The summed E-state index contributed by atoms with van der Waals surface area (Å²) in [6.45, 7) is 10.8.